The van der Waals surface area contributed by atoms with Gasteiger partial charge in [-0.25, -0.2) is 9.37 Å². The second-order valence-electron chi connectivity index (χ2n) is 5.66. The molecule has 1 aliphatic rings. The summed E-state index contributed by atoms with van der Waals surface area (Å²) in [5.41, 5.74) is 0.391. The van der Waals surface area contributed by atoms with Gasteiger partial charge in [-0.3, -0.25) is 9.36 Å². The molecule has 0 aliphatic carbocycles. The fourth-order valence-electron chi connectivity index (χ4n) is 2.90. The Morgan fingerprint density at radius 1 is 1.10 bits per heavy atom. The molecule has 0 saturated carbocycles. The highest BCUT2D eigenvalue weighted by Gasteiger charge is 2.10. The van der Waals surface area contributed by atoms with Gasteiger partial charge in [-0.2, -0.15) is 0 Å². The van der Waals surface area contributed by atoms with E-state index in [1.54, 1.807) is 17.0 Å². The van der Waals surface area contributed by atoms with Crippen LogP contribution in [0, 0.1) is 5.82 Å². The third-order valence-corrected chi connectivity index (χ3v) is 4.14. The second-order valence-corrected chi connectivity index (χ2v) is 5.66. The molecule has 1 fully saturated rings. The number of benzene rings is 1. The lowest BCUT2D eigenvalue weighted by molar-refractivity contribution is 0.272. The first kappa shape index (κ1) is 14.2. The van der Waals surface area contributed by atoms with Gasteiger partial charge in [0.05, 0.1) is 17.2 Å². The third kappa shape index (κ3) is 3.29. The van der Waals surface area contributed by atoms with Gasteiger partial charge in [0.1, 0.15) is 5.82 Å². The molecule has 1 saturated heterocycles. The number of halogens is 1. The van der Waals surface area contributed by atoms with Crippen LogP contribution in [-0.2, 0) is 6.54 Å². The molecule has 0 spiro atoms. The van der Waals surface area contributed by atoms with E-state index < -0.39 is 5.82 Å². The van der Waals surface area contributed by atoms with Crippen LogP contribution in [0.15, 0.2) is 29.3 Å². The molecule has 0 bridgehead atoms. The molecule has 112 valence electrons. The number of likely N-dealkylation sites (tertiary alicyclic amines) is 1. The van der Waals surface area contributed by atoms with Crippen LogP contribution in [-0.4, -0.2) is 34.1 Å². The van der Waals surface area contributed by atoms with Crippen LogP contribution < -0.4 is 5.56 Å². The molecule has 3 rings (SSSR count). The number of nitrogens with zero attached hydrogens (tertiary/aromatic N) is 3. The zero-order valence-electron chi connectivity index (χ0n) is 12.1. The molecule has 1 aromatic heterocycles. The molecule has 1 aliphatic heterocycles. The number of fused-ring (bicyclic) bond motifs is 1. The van der Waals surface area contributed by atoms with Crippen LogP contribution in [0.25, 0.3) is 10.9 Å². The van der Waals surface area contributed by atoms with Gasteiger partial charge in [-0.15, -0.1) is 0 Å². The minimum atomic E-state index is -0.397. The summed E-state index contributed by atoms with van der Waals surface area (Å²) in [6.07, 6.45) is 6.63. The number of rotatable bonds is 3. The average Bonchev–Trinajstić information content (AvgIpc) is 2.76. The molecule has 0 unspecified atom stereocenters. The van der Waals surface area contributed by atoms with E-state index in [0.29, 0.717) is 17.4 Å². The summed E-state index contributed by atoms with van der Waals surface area (Å²) < 4.78 is 14.9. The van der Waals surface area contributed by atoms with Crippen molar-refractivity contribution in [2.45, 2.75) is 32.2 Å². The molecule has 1 aromatic carbocycles. The van der Waals surface area contributed by atoms with Crippen LogP contribution in [0.5, 0.6) is 0 Å². The van der Waals surface area contributed by atoms with E-state index in [1.807, 2.05) is 0 Å². The zero-order chi connectivity index (χ0) is 14.7. The maximum Gasteiger partial charge on any atom is 0.261 e. The summed E-state index contributed by atoms with van der Waals surface area (Å²) in [4.78, 5) is 19.0. The highest BCUT2D eigenvalue weighted by atomic mass is 19.1. The maximum absolute atomic E-state index is 13.3. The molecule has 0 amide bonds. The van der Waals surface area contributed by atoms with Crippen molar-refractivity contribution in [1.82, 2.24) is 14.5 Å². The smallest absolute Gasteiger partial charge is 0.261 e. The first-order chi connectivity index (χ1) is 10.2. The van der Waals surface area contributed by atoms with E-state index in [9.17, 15) is 9.18 Å². The molecule has 0 atom stereocenters. The van der Waals surface area contributed by atoms with Gasteiger partial charge in [-0.05, 0) is 44.1 Å². The Labute approximate surface area is 123 Å². The lowest BCUT2D eigenvalue weighted by atomic mass is 10.2. The van der Waals surface area contributed by atoms with Crippen molar-refractivity contribution < 1.29 is 4.39 Å². The molecule has 0 radical (unpaired) electrons. The van der Waals surface area contributed by atoms with Gasteiger partial charge < -0.3 is 4.90 Å². The van der Waals surface area contributed by atoms with Gasteiger partial charge in [0, 0.05) is 13.1 Å². The molecule has 21 heavy (non-hydrogen) atoms. The van der Waals surface area contributed by atoms with Crippen molar-refractivity contribution in [2.24, 2.45) is 0 Å². The number of hydrogen-bond donors (Lipinski definition) is 0. The summed E-state index contributed by atoms with van der Waals surface area (Å²) >= 11 is 0. The van der Waals surface area contributed by atoms with Gasteiger partial charge in [0.2, 0.25) is 0 Å². The van der Waals surface area contributed by atoms with Crippen molar-refractivity contribution >= 4 is 10.9 Å². The normalized spacial score (nSPS) is 17.0. The Balaban J connectivity index is 1.77. The molecule has 2 heterocycles. The number of hydrogen-bond acceptors (Lipinski definition) is 3. The fraction of sp³-hybridized carbons (Fsp3) is 0.500. The Kier molecular flexibility index (Phi) is 4.29. The van der Waals surface area contributed by atoms with Gasteiger partial charge in [-0.1, -0.05) is 12.8 Å². The van der Waals surface area contributed by atoms with Crippen molar-refractivity contribution in [3.05, 3.63) is 40.7 Å². The van der Waals surface area contributed by atoms with E-state index >= 15 is 0 Å². The summed E-state index contributed by atoms with van der Waals surface area (Å²) in [6.45, 7) is 3.66. The Bertz CT molecular complexity index is 675. The molecular formula is C16H20FN3O. The highest BCUT2D eigenvalue weighted by molar-refractivity contribution is 5.77. The van der Waals surface area contributed by atoms with Crippen molar-refractivity contribution in [2.75, 3.05) is 19.6 Å². The lowest BCUT2D eigenvalue weighted by Gasteiger charge is -2.20. The lowest BCUT2D eigenvalue weighted by Crippen LogP contribution is -2.32. The van der Waals surface area contributed by atoms with Gasteiger partial charge in [0.15, 0.2) is 0 Å². The van der Waals surface area contributed by atoms with Crippen LogP contribution in [0.2, 0.25) is 0 Å². The quantitative estimate of drug-likeness (QED) is 0.871. The van der Waals surface area contributed by atoms with E-state index in [4.69, 9.17) is 0 Å². The van der Waals surface area contributed by atoms with E-state index in [2.05, 4.69) is 9.88 Å². The summed E-state index contributed by atoms with van der Waals surface area (Å²) in [6, 6.07) is 4.15. The van der Waals surface area contributed by atoms with Crippen molar-refractivity contribution in [3.63, 3.8) is 0 Å². The van der Waals surface area contributed by atoms with Crippen molar-refractivity contribution in [3.8, 4) is 0 Å². The molecule has 4 nitrogen and oxygen atoms in total. The topological polar surface area (TPSA) is 38.1 Å². The first-order valence-electron chi connectivity index (χ1n) is 7.61. The Hall–Kier alpha value is -1.75. The van der Waals surface area contributed by atoms with Crippen molar-refractivity contribution in [1.29, 1.82) is 0 Å². The Morgan fingerprint density at radius 3 is 2.62 bits per heavy atom. The number of aromatic nitrogens is 2. The zero-order valence-corrected chi connectivity index (χ0v) is 12.1. The minimum absolute atomic E-state index is 0.158. The minimum Gasteiger partial charge on any atom is -0.302 e. The van der Waals surface area contributed by atoms with Gasteiger partial charge in [0.25, 0.3) is 5.56 Å². The summed E-state index contributed by atoms with van der Waals surface area (Å²) in [5.74, 6) is -0.397. The largest absolute Gasteiger partial charge is 0.302 e. The molecule has 2 aromatic rings. The maximum atomic E-state index is 13.3. The van der Waals surface area contributed by atoms with Crippen LogP contribution in [0.3, 0.4) is 0 Å². The fourth-order valence-corrected chi connectivity index (χ4v) is 2.90. The predicted molar refractivity (Wildman–Crippen MR) is 80.9 cm³/mol. The van der Waals surface area contributed by atoms with E-state index in [1.165, 1.54) is 37.8 Å². The predicted octanol–water partition coefficient (Wildman–Crippen LogP) is 2.41. The van der Waals surface area contributed by atoms with Crippen LogP contribution >= 0.6 is 0 Å². The van der Waals surface area contributed by atoms with E-state index in [-0.39, 0.29) is 5.56 Å². The van der Waals surface area contributed by atoms with Gasteiger partial charge >= 0.3 is 0 Å². The summed E-state index contributed by atoms with van der Waals surface area (Å²) in [5, 5.41) is 0.355. The highest BCUT2D eigenvalue weighted by Crippen LogP contribution is 2.10. The van der Waals surface area contributed by atoms with E-state index in [0.717, 1.165) is 19.6 Å². The van der Waals surface area contributed by atoms with Crippen LogP contribution in [0.1, 0.15) is 25.7 Å². The SMILES string of the molecule is O=c1c2cc(F)ccc2ncn1CCN1CCCCCC1. The monoisotopic (exact) mass is 289 g/mol. The second kappa shape index (κ2) is 6.35. The van der Waals surface area contributed by atoms with Crippen LogP contribution in [0.4, 0.5) is 4.39 Å². The third-order valence-electron chi connectivity index (χ3n) is 4.14. The average molecular weight is 289 g/mol. The first-order valence-corrected chi connectivity index (χ1v) is 7.61. The Morgan fingerprint density at radius 2 is 1.86 bits per heavy atom. The summed E-state index contributed by atoms with van der Waals surface area (Å²) in [7, 11) is 0. The molecule has 5 heteroatoms. The molecule has 0 N–H and O–H groups in total. The molecular weight excluding hydrogens is 269 g/mol. The standard InChI is InChI=1S/C16H20FN3O/c17-13-5-6-15-14(11-13)16(21)20(12-18-15)10-9-19-7-3-1-2-4-8-19/h5-6,11-12H,1-4,7-10H2.